The van der Waals surface area contributed by atoms with E-state index in [0.717, 1.165) is 5.56 Å². The van der Waals surface area contributed by atoms with Crippen LogP contribution >= 0.6 is 0 Å². The molecule has 18 heavy (non-hydrogen) atoms. The first-order chi connectivity index (χ1) is 8.45. The summed E-state index contributed by atoms with van der Waals surface area (Å²) in [5.74, 6) is -0.160. The maximum atomic E-state index is 11.5. The van der Waals surface area contributed by atoms with E-state index in [9.17, 15) is 4.79 Å². The van der Waals surface area contributed by atoms with Crippen LogP contribution in [0.15, 0.2) is 18.2 Å². The van der Waals surface area contributed by atoms with E-state index in [0.29, 0.717) is 23.8 Å². The molecular formula is C13H19BN2O2. The van der Waals surface area contributed by atoms with Crippen LogP contribution < -0.4 is 21.3 Å². The zero-order valence-electron chi connectivity index (χ0n) is 11.1. The predicted octanol–water partition coefficient (Wildman–Crippen LogP) is 0.0559. The van der Waals surface area contributed by atoms with Gasteiger partial charge >= 0.3 is 0 Å². The third-order valence-electron chi connectivity index (χ3n) is 2.73. The lowest BCUT2D eigenvalue weighted by Gasteiger charge is -2.18. The number of rotatable bonds is 6. The van der Waals surface area contributed by atoms with Crippen molar-refractivity contribution < 1.29 is 9.53 Å². The Morgan fingerprint density at radius 1 is 1.50 bits per heavy atom. The van der Waals surface area contributed by atoms with Crippen LogP contribution in [0.4, 0.5) is 0 Å². The van der Waals surface area contributed by atoms with Crippen LogP contribution in [0.5, 0.6) is 5.75 Å². The largest absolute Gasteiger partial charge is 0.497 e. The molecule has 0 unspecified atom stereocenters. The minimum absolute atomic E-state index is 0.294. The van der Waals surface area contributed by atoms with Crippen LogP contribution in [0.2, 0.25) is 0 Å². The molecule has 0 aromatic heterocycles. The molecule has 1 aromatic carbocycles. The van der Waals surface area contributed by atoms with Crippen LogP contribution in [0.25, 0.3) is 0 Å². The van der Waals surface area contributed by atoms with Gasteiger partial charge in [0.25, 0.3) is 0 Å². The fraction of sp³-hybridized carbons (Fsp3) is 0.462. The summed E-state index contributed by atoms with van der Waals surface area (Å²) in [6.45, 7) is 4.53. The van der Waals surface area contributed by atoms with Gasteiger partial charge in [-0.15, -0.1) is 0 Å². The molecule has 1 aromatic rings. The van der Waals surface area contributed by atoms with Crippen molar-refractivity contribution in [2.75, 3.05) is 13.7 Å². The van der Waals surface area contributed by atoms with Gasteiger partial charge in [-0.1, -0.05) is 31.4 Å². The molecule has 1 rings (SSSR count). The number of nitrogens with one attached hydrogen (secondary N) is 1. The second-order valence-electron chi connectivity index (χ2n) is 4.52. The Bertz CT molecular complexity index is 421. The summed E-state index contributed by atoms with van der Waals surface area (Å²) in [6.07, 6.45) is 0. The van der Waals surface area contributed by atoms with Gasteiger partial charge in [-0.05, 0) is 11.6 Å². The number of primary amides is 1. The first kappa shape index (κ1) is 14.6. The molecule has 0 heterocycles. The molecule has 0 fully saturated rings. The highest BCUT2D eigenvalue weighted by Gasteiger charge is 2.18. The summed E-state index contributed by atoms with van der Waals surface area (Å²) in [7, 11) is 7.38. The van der Waals surface area contributed by atoms with Crippen molar-refractivity contribution in [2.45, 2.75) is 25.8 Å². The molecule has 96 valence electrons. The average molecular weight is 246 g/mol. The summed E-state index contributed by atoms with van der Waals surface area (Å²) >= 11 is 0. The molecule has 0 bridgehead atoms. The normalized spacial score (nSPS) is 12.4. The Morgan fingerprint density at radius 2 is 2.17 bits per heavy atom. The third kappa shape index (κ3) is 3.77. The maximum absolute atomic E-state index is 11.5. The van der Waals surface area contributed by atoms with Crippen molar-refractivity contribution in [3.05, 3.63) is 23.8 Å². The topological polar surface area (TPSA) is 64.3 Å². The Kier molecular flexibility index (Phi) is 5.22. The molecule has 0 saturated heterocycles. The van der Waals surface area contributed by atoms with Crippen LogP contribution in [0, 0.1) is 0 Å². The predicted molar refractivity (Wildman–Crippen MR) is 73.5 cm³/mol. The molecule has 5 heteroatoms. The highest BCUT2D eigenvalue weighted by Crippen LogP contribution is 2.17. The molecule has 0 spiro atoms. The van der Waals surface area contributed by atoms with Gasteiger partial charge in [0.15, 0.2) is 0 Å². The second-order valence-corrected chi connectivity index (χ2v) is 4.52. The number of ether oxygens (including phenoxy) is 1. The molecular weight excluding hydrogens is 227 g/mol. The van der Waals surface area contributed by atoms with E-state index in [-0.39, 0.29) is 11.8 Å². The zero-order chi connectivity index (χ0) is 13.7. The number of carbonyl (C=O) groups excluding carboxylic acids is 1. The first-order valence-electron chi connectivity index (χ1n) is 5.91. The Balaban J connectivity index is 2.92. The van der Waals surface area contributed by atoms with E-state index < -0.39 is 0 Å². The lowest BCUT2D eigenvalue weighted by atomic mass is 9.88. The molecule has 0 aliphatic carbocycles. The Morgan fingerprint density at radius 3 is 2.61 bits per heavy atom. The standard InChI is InChI=1S/C13H19BN2O2/c1-8(2)16-7-10(13(15)17)9-4-5-12(18-3)11(14)6-9/h4-6,8,10,16H,7H2,1-3H3,(H2,15,17)/t10-/m1/s1. The van der Waals surface area contributed by atoms with E-state index in [2.05, 4.69) is 5.32 Å². The van der Waals surface area contributed by atoms with Gasteiger partial charge in [-0.3, -0.25) is 4.79 Å². The van der Waals surface area contributed by atoms with E-state index in [1.165, 1.54) is 0 Å². The summed E-state index contributed by atoms with van der Waals surface area (Å²) < 4.78 is 5.08. The monoisotopic (exact) mass is 246 g/mol. The zero-order valence-corrected chi connectivity index (χ0v) is 11.1. The smallest absolute Gasteiger partial charge is 0.226 e. The van der Waals surface area contributed by atoms with E-state index >= 15 is 0 Å². The van der Waals surface area contributed by atoms with Gasteiger partial charge in [0.2, 0.25) is 5.91 Å². The summed E-state index contributed by atoms with van der Waals surface area (Å²) in [5, 5.41) is 3.20. The van der Waals surface area contributed by atoms with Gasteiger partial charge < -0.3 is 15.8 Å². The number of methoxy groups -OCH3 is 1. The van der Waals surface area contributed by atoms with Gasteiger partial charge in [-0.2, -0.15) is 0 Å². The molecule has 0 aliphatic rings. The molecule has 0 saturated carbocycles. The van der Waals surface area contributed by atoms with E-state index in [1.807, 2.05) is 19.9 Å². The van der Waals surface area contributed by atoms with Crippen molar-refractivity contribution in [3.8, 4) is 5.75 Å². The third-order valence-corrected chi connectivity index (χ3v) is 2.73. The number of carbonyl (C=O) groups is 1. The lowest BCUT2D eigenvalue weighted by molar-refractivity contribution is -0.119. The van der Waals surface area contributed by atoms with E-state index in [1.54, 1.807) is 19.2 Å². The average Bonchev–Trinajstić information content (AvgIpc) is 2.28. The molecule has 2 radical (unpaired) electrons. The van der Waals surface area contributed by atoms with E-state index in [4.69, 9.17) is 18.3 Å². The van der Waals surface area contributed by atoms with Crippen LogP contribution in [-0.2, 0) is 4.79 Å². The number of hydrogen-bond acceptors (Lipinski definition) is 3. The number of nitrogens with two attached hydrogens (primary N) is 1. The molecule has 4 nitrogen and oxygen atoms in total. The molecule has 3 N–H and O–H groups in total. The minimum Gasteiger partial charge on any atom is -0.497 e. The van der Waals surface area contributed by atoms with Crippen LogP contribution in [-0.4, -0.2) is 33.4 Å². The fourth-order valence-corrected chi connectivity index (χ4v) is 1.71. The van der Waals surface area contributed by atoms with Crippen molar-refractivity contribution in [1.82, 2.24) is 5.32 Å². The maximum Gasteiger partial charge on any atom is 0.226 e. The molecule has 0 aliphatic heterocycles. The highest BCUT2D eigenvalue weighted by molar-refractivity contribution is 6.34. The van der Waals surface area contributed by atoms with Crippen molar-refractivity contribution in [2.24, 2.45) is 5.73 Å². The van der Waals surface area contributed by atoms with Crippen LogP contribution in [0.1, 0.15) is 25.3 Å². The summed E-state index contributed by atoms with van der Waals surface area (Å²) in [5.41, 5.74) is 6.73. The highest BCUT2D eigenvalue weighted by atomic mass is 16.5. The Labute approximate surface area is 109 Å². The Hall–Kier alpha value is -1.49. The van der Waals surface area contributed by atoms with Gasteiger partial charge in [-0.25, -0.2) is 0 Å². The second kappa shape index (κ2) is 6.45. The molecule has 1 atom stereocenters. The van der Waals surface area contributed by atoms with Crippen molar-refractivity contribution >= 4 is 19.2 Å². The van der Waals surface area contributed by atoms with Gasteiger partial charge in [0.1, 0.15) is 13.6 Å². The number of hydrogen-bond donors (Lipinski definition) is 2. The van der Waals surface area contributed by atoms with Gasteiger partial charge in [0, 0.05) is 12.6 Å². The summed E-state index contributed by atoms with van der Waals surface area (Å²) in [6, 6.07) is 5.58. The quantitative estimate of drug-likeness (QED) is 0.697. The van der Waals surface area contributed by atoms with Crippen molar-refractivity contribution in [3.63, 3.8) is 0 Å². The van der Waals surface area contributed by atoms with Crippen LogP contribution in [0.3, 0.4) is 0 Å². The fourth-order valence-electron chi connectivity index (χ4n) is 1.71. The van der Waals surface area contributed by atoms with Gasteiger partial charge in [0.05, 0.1) is 13.0 Å². The SMILES string of the molecule is [B]c1cc([C@@H](CNC(C)C)C(N)=O)ccc1OC. The lowest BCUT2D eigenvalue weighted by Crippen LogP contribution is -2.35. The molecule has 1 amide bonds. The number of amides is 1. The summed E-state index contributed by atoms with van der Waals surface area (Å²) in [4.78, 5) is 11.5. The minimum atomic E-state index is -0.388. The first-order valence-corrected chi connectivity index (χ1v) is 5.91. The number of benzene rings is 1. The van der Waals surface area contributed by atoms with Crippen molar-refractivity contribution in [1.29, 1.82) is 0 Å².